The smallest absolute Gasteiger partial charge is 0.264 e. The molecule has 0 spiro atoms. The number of carbonyl (C=O) groups is 2. The highest BCUT2D eigenvalue weighted by Gasteiger charge is 2.34. The lowest BCUT2D eigenvalue weighted by Gasteiger charge is -2.34. The van der Waals surface area contributed by atoms with E-state index in [1.807, 2.05) is 57.2 Å². The number of sulfonamides is 1. The van der Waals surface area contributed by atoms with Gasteiger partial charge in [0, 0.05) is 29.6 Å². The van der Waals surface area contributed by atoms with E-state index in [2.05, 4.69) is 5.32 Å². The van der Waals surface area contributed by atoms with Crippen LogP contribution in [0.1, 0.15) is 42.0 Å². The van der Waals surface area contributed by atoms with Gasteiger partial charge in [0.2, 0.25) is 11.8 Å². The summed E-state index contributed by atoms with van der Waals surface area (Å²) in [6.07, 6.45) is 1.90. The fourth-order valence-corrected chi connectivity index (χ4v) is 6.79. The van der Waals surface area contributed by atoms with E-state index in [0.29, 0.717) is 22.2 Å². The van der Waals surface area contributed by atoms with Gasteiger partial charge >= 0.3 is 0 Å². The molecule has 2 amide bonds. The molecule has 0 radical (unpaired) electrons. The molecule has 0 aliphatic carbocycles. The van der Waals surface area contributed by atoms with Gasteiger partial charge in [0.05, 0.1) is 10.6 Å². The Labute approximate surface area is 282 Å². The summed E-state index contributed by atoms with van der Waals surface area (Å²) in [5.41, 5.74) is 3.45. The van der Waals surface area contributed by atoms with E-state index >= 15 is 0 Å². The van der Waals surface area contributed by atoms with Crippen LogP contribution in [0.2, 0.25) is 10.0 Å². The summed E-state index contributed by atoms with van der Waals surface area (Å²) in [5.74, 6) is -0.877. The molecule has 4 aromatic carbocycles. The number of anilines is 1. The Balaban J connectivity index is 1.81. The zero-order valence-corrected chi connectivity index (χ0v) is 28.6. The van der Waals surface area contributed by atoms with Crippen molar-refractivity contribution >= 4 is 50.7 Å². The van der Waals surface area contributed by atoms with Gasteiger partial charge in [-0.1, -0.05) is 103 Å². The third-order valence-corrected chi connectivity index (χ3v) is 10.1. The van der Waals surface area contributed by atoms with E-state index in [1.54, 1.807) is 42.5 Å². The van der Waals surface area contributed by atoms with Crippen LogP contribution in [0.5, 0.6) is 0 Å². The van der Waals surface area contributed by atoms with Crippen LogP contribution < -0.4 is 9.62 Å². The minimum atomic E-state index is -4.23. The molecule has 242 valence electrons. The van der Waals surface area contributed by atoms with Crippen molar-refractivity contribution in [2.45, 2.75) is 57.5 Å². The number of unbranched alkanes of at least 4 members (excludes halogenated alkanes) is 1. The largest absolute Gasteiger partial charge is 0.354 e. The molecule has 0 saturated carbocycles. The molecule has 0 aliphatic heterocycles. The summed E-state index contributed by atoms with van der Waals surface area (Å²) in [4.78, 5) is 29.9. The van der Waals surface area contributed by atoms with E-state index < -0.39 is 28.5 Å². The number of nitrogens with one attached hydrogen (secondary N) is 1. The molecule has 0 saturated heterocycles. The summed E-state index contributed by atoms with van der Waals surface area (Å²) in [7, 11) is -4.23. The molecule has 10 heteroatoms. The molecular formula is C36H39Cl2N3O4S. The SMILES string of the molecule is CCCCNC(=O)[C@@H](Cc1ccccc1)N(Cc1cccc(Cl)c1)C(=O)CN(c1ccc(C)c(Cl)c1)S(=O)(=O)c1ccc(C)cc1. The van der Waals surface area contributed by atoms with Gasteiger partial charge in [0.1, 0.15) is 12.6 Å². The highest BCUT2D eigenvalue weighted by Crippen LogP contribution is 2.29. The van der Waals surface area contributed by atoms with Crippen molar-refractivity contribution in [1.82, 2.24) is 10.2 Å². The number of hydrogen-bond acceptors (Lipinski definition) is 4. The predicted octanol–water partition coefficient (Wildman–Crippen LogP) is 7.36. The van der Waals surface area contributed by atoms with Crippen molar-refractivity contribution in [3.8, 4) is 0 Å². The maximum absolute atomic E-state index is 14.5. The molecule has 0 aliphatic rings. The number of carbonyl (C=O) groups excluding carboxylic acids is 2. The molecule has 4 rings (SSSR count). The number of halogens is 2. The lowest BCUT2D eigenvalue weighted by Crippen LogP contribution is -2.53. The second kappa shape index (κ2) is 16.1. The van der Waals surface area contributed by atoms with E-state index in [1.165, 1.54) is 23.1 Å². The van der Waals surface area contributed by atoms with Gasteiger partial charge in [-0.15, -0.1) is 0 Å². The molecule has 7 nitrogen and oxygen atoms in total. The van der Waals surface area contributed by atoms with E-state index in [4.69, 9.17) is 23.2 Å². The molecule has 46 heavy (non-hydrogen) atoms. The summed E-state index contributed by atoms with van der Waals surface area (Å²) >= 11 is 12.8. The topological polar surface area (TPSA) is 86.8 Å². The van der Waals surface area contributed by atoms with Crippen LogP contribution in [0.3, 0.4) is 0 Å². The number of hydrogen-bond donors (Lipinski definition) is 1. The maximum Gasteiger partial charge on any atom is 0.264 e. The van der Waals surface area contributed by atoms with Crippen molar-refractivity contribution in [1.29, 1.82) is 0 Å². The van der Waals surface area contributed by atoms with Gasteiger partial charge in [-0.2, -0.15) is 0 Å². The van der Waals surface area contributed by atoms with Crippen LogP contribution >= 0.6 is 23.2 Å². The first-order chi connectivity index (χ1) is 22.0. The second-order valence-corrected chi connectivity index (χ2v) is 14.0. The van der Waals surface area contributed by atoms with Crippen LogP contribution in [0.4, 0.5) is 5.69 Å². The normalized spacial score (nSPS) is 11.9. The van der Waals surface area contributed by atoms with Crippen molar-refractivity contribution in [2.75, 3.05) is 17.4 Å². The summed E-state index contributed by atoms with van der Waals surface area (Å²) in [5, 5.41) is 3.83. The quantitative estimate of drug-likeness (QED) is 0.141. The Bertz CT molecular complexity index is 1750. The van der Waals surface area contributed by atoms with Crippen molar-refractivity contribution in [3.05, 3.63) is 129 Å². The fourth-order valence-electron chi connectivity index (χ4n) is 5.00. The van der Waals surface area contributed by atoms with E-state index in [0.717, 1.165) is 33.8 Å². The zero-order valence-electron chi connectivity index (χ0n) is 26.2. The van der Waals surface area contributed by atoms with Crippen molar-refractivity contribution < 1.29 is 18.0 Å². The number of benzene rings is 4. The molecule has 0 unspecified atom stereocenters. The molecular weight excluding hydrogens is 641 g/mol. The molecule has 0 heterocycles. The standard InChI is InChI=1S/C36H39Cl2N3O4S/c1-4-5-20-39-36(43)34(22-28-10-7-6-8-11-28)40(24-29-12-9-13-30(37)21-29)35(42)25-41(31-17-16-27(3)33(38)23-31)46(44,45)32-18-14-26(2)15-19-32/h6-19,21,23,34H,4-5,20,22,24-25H2,1-3H3,(H,39,43)/t34-/m1/s1. The van der Waals surface area contributed by atoms with Crippen LogP contribution in [0, 0.1) is 13.8 Å². The molecule has 0 bridgehead atoms. The van der Waals surface area contributed by atoms with Crippen molar-refractivity contribution in [2.24, 2.45) is 0 Å². The minimum absolute atomic E-state index is 0.0298. The highest BCUT2D eigenvalue weighted by atomic mass is 35.5. The highest BCUT2D eigenvalue weighted by molar-refractivity contribution is 7.92. The molecule has 4 aromatic rings. The average molecular weight is 681 g/mol. The summed E-state index contributed by atoms with van der Waals surface area (Å²) in [6, 6.07) is 26.9. The predicted molar refractivity (Wildman–Crippen MR) is 186 cm³/mol. The van der Waals surface area contributed by atoms with Gasteiger partial charge < -0.3 is 10.2 Å². The lowest BCUT2D eigenvalue weighted by atomic mass is 10.0. The van der Waals surface area contributed by atoms with Gasteiger partial charge in [-0.3, -0.25) is 13.9 Å². The molecule has 1 N–H and O–H groups in total. The first kappa shape index (κ1) is 35.0. The van der Waals surface area contributed by atoms with Crippen LogP contribution in [-0.4, -0.2) is 44.3 Å². The Morgan fingerprint density at radius 3 is 2.20 bits per heavy atom. The first-order valence-corrected chi connectivity index (χ1v) is 17.4. The van der Waals surface area contributed by atoms with E-state index in [9.17, 15) is 18.0 Å². The second-order valence-electron chi connectivity index (χ2n) is 11.3. The Kier molecular flexibility index (Phi) is 12.3. The minimum Gasteiger partial charge on any atom is -0.354 e. The fraction of sp³-hybridized carbons (Fsp3) is 0.278. The third-order valence-electron chi connectivity index (χ3n) is 7.67. The molecule has 0 aromatic heterocycles. The maximum atomic E-state index is 14.5. The lowest BCUT2D eigenvalue weighted by molar-refractivity contribution is -0.140. The van der Waals surface area contributed by atoms with Crippen LogP contribution in [0.25, 0.3) is 0 Å². The number of aryl methyl sites for hydroxylation is 2. The van der Waals surface area contributed by atoms with Gasteiger partial charge in [-0.05, 0) is 73.4 Å². The van der Waals surface area contributed by atoms with Gasteiger partial charge in [0.25, 0.3) is 10.0 Å². The summed E-state index contributed by atoms with van der Waals surface area (Å²) in [6.45, 7) is 5.63. The monoisotopic (exact) mass is 679 g/mol. The van der Waals surface area contributed by atoms with Crippen molar-refractivity contribution in [3.63, 3.8) is 0 Å². The molecule has 0 fully saturated rings. The van der Waals surface area contributed by atoms with Crippen LogP contribution in [-0.2, 0) is 32.6 Å². The molecule has 1 atom stereocenters. The number of nitrogens with zero attached hydrogens (tertiary/aromatic N) is 2. The van der Waals surface area contributed by atoms with Gasteiger partial charge in [0.15, 0.2) is 0 Å². The zero-order chi connectivity index (χ0) is 33.3. The Morgan fingerprint density at radius 2 is 1.54 bits per heavy atom. The average Bonchev–Trinajstić information content (AvgIpc) is 3.03. The van der Waals surface area contributed by atoms with Gasteiger partial charge in [-0.25, -0.2) is 8.42 Å². The number of rotatable bonds is 14. The third kappa shape index (κ3) is 9.12. The van der Waals surface area contributed by atoms with E-state index in [-0.39, 0.29) is 29.5 Å². The summed E-state index contributed by atoms with van der Waals surface area (Å²) < 4.78 is 29.4. The Morgan fingerprint density at radius 1 is 0.848 bits per heavy atom. The first-order valence-electron chi connectivity index (χ1n) is 15.2. The Hall–Kier alpha value is -3.85. The van der Waals surface area contributed by atoms with Crippen LogP contribution in [0.15, 0.2) is 102 Å². The number of amides is 2.